The maximum absolute atomic E-state index is 10.5. The number of primary sulfonamides is 1. The van der Waals surface area contributed by atoms with Gasteiger partial charge in [-0.3, -0.25) is 0 Å². The van der Waals surface area contributed by atoms with E-state index in [0.29, 0.717) is 19.1 Å². The van der Waals surface area contributed by atoms with Crippen LogP contribution in [0.25, 0.3) is 0 Å². The number of hydrogen-bond acceptors (Lipinski definition) is 4. The summed E-state index contributed by atoms with van der Waals surface area (Å²) in [4.78, 5) is 0. The molecule has 13 heavy (non-hydrogen) atoms. The van der Waals surface area contributed by atoms with Gasteiger partial charge in [0.25, 0.3) is 0 Å². The highest BCUT2D eigenvalue weighted by molar-refractivity contribution is 7.89. The SMILES string of the molecule is COCC(C)CNCCS(N)(=O)=O. The molecule has 0 spiro atoms. The highest BCUT2D eigenvalue weighted by Crippen LogP contribution is 1.91. The Morgan fingerprint density at radius 3 is 2.62 bits per heavy atom. The third-order valence-electron chi connectivity index (χ3n) is 1.51. The van der Waals surface area contributed by atoms with Crippen LogP contribution in [0.3, 0.4) is 0 Å². The van der Waals surface area contributed by atoms with E-state index in [0.717, 1.165) is 6.54 Å². The average molecular weight is 210 g/mol. The Bertz CT molecular complexity index is 216. The van der Waals surface area contributed by atoms with Crippen molar-refractivity contribution in [3.05, 3.63) is 0 Å². The molecule has 0 rings (SSSR count). The van der Waals surface area contributed by atoms with Crippen LogP contribution in [0.5, 0.6) is 0 Å². The molecule has 0 saturated heterocycles. The fraction of sp³-hybridized carbons (Fsp3) is 1.00. The van der Waals surface area contributed by atoms with Gasteiger partial charge in [0.1, 0.15) is 0 Å². The van der Waals surface area contributed by atoms with Crippen LogP contribution in [0.2, 0.25) is 0 Å². The van der Waals surface area contributed by atoms with Crippen LogP contribution in [-0.2, 0) is 14.8 Å². The lowest BCUT2D eigenvalue weighted by Crippen LogP contribution is -2.30. The molecule has 0 fully saturated rings. The summed E-state index contributed by atoms with van der Waals surface area (Å²) in [6.07, 6.45) is 0. The first-order chi connectivity index (χ1) is 5.95. The lowest BCUT2D eigenvalue weighted by Gasteiger charge is -2.10. The van der Waals surface area contributed by atoms with Gasteiger partial charge < -0.3 is 10.1 Å². The lowest BCUT2D eigenvalue weighted by atomic mass is 10.2. The third-order valence-corrected chi connectivity index (χ3v) is 2.28. The van der Waals surface area contributed by atoms with E-state index in [1.807, 2.05) is 6.92 Å². The summed E-state index contributed by atoms with van der Waals surface area (Å²) in [6, 6.07) is 0. The van der Waals surface area contributed by atoms with E-state index in [2.05, 4.69) is 5.32 Å². The van der Waals surface area contributed by atoms with Gasteiger partial charge in [0.2, 0.25) is 10.0 Å². The van der Waals surface area contributed by atoms with Gasteiger partial charge in [-0.2, -0.15) is 0 Å². The number of sulfonamides is 1. The van der Waals surface area contributed by atoms with Crippen molar-refractivity contribution >= 4 is 10.0 Å². The quantitative estimate of drug-likeness (QED) is 0.536. The van der Waals surface area contributed by atoms with Crippen LogP contribution < -0.4 is 10.5 Å². The molecule has 0 aromatic carbocycles. The monoisotopic (exact) mass is 210 g/mol. The van der Waals surface area contributed by atoms with Crippen molar-refractivity contribution in [2.45, 2.75) is 6.92 Å². The van der Waals surface area contributed by atoms with Crippen LogP contribution in [0.1, 0.15) is 6.92 Å². The molecular weight excluding hydrogens is 192 g/mol. The molecule has 0 saturated carbocycles. The Kier molecular flexibility index (Phi) is 6.23. The first-order valence-electron chi connectivity index (χ1n) is 4.16. The Morgan fingerprint density at radius 2 is 2.15 bits per heavy atom. The van der Waals surface area contributed by atoms with Gasteiger partial charge in [-0.05, 0) is 12.5 Å². The molecule has 6 heteroatoms. The van der Waals surface area contributed by atoms with Crippen molar-refractivity contribution in [1.82, 2.24) is 5.32 Å². The summed E-state index contributed by atoms with van der Waals surface area (Å²) < 4.78 is 25.9. The van der Waals surface area contributed by atoms with Gasteiger partial charge in [0.05, 0.1) is 5.75 Å². The number of nitrogens with two attached hydrogens (primary N) is 1. The predicted molar refractivity (Wildman–Crippen MR) is 51.9 cm³/mol. The van der Waals surface area contributed by atoms with Gasteiger partial charge in [0, 0.05) is 20.3 Å². The standard InChI is InChI=1S/C7H18N2O3S/c1-7(6-12-2)5-9-3-4-13(8,10)11/h7,9H,3-6H2,1-2H3,(H2,8,10,11). The summed E-state index contributed by atoms with van der Waals surface area (Å²) in [5.41, 5.74) is 0. The van der Waals surface area contributed by atoms with E-state index in [9.17, 15) is 8.42 Å². The summed E-state index contributed by atoms with van der Waals surface area (Å²) in [5, 5.41) is 7.81. The number of methoxy groups -OCH3 is 1. The number of hydrogen-bond donors (Lipinski definition) is 2. The van der Waals surface area contributed by atoms with Gasteiger partial charge in [-0.1, -0.05) is 6.92 Å². The molecule has 80 valence electrons. The van der Waals surface area contributed by atoms with E-state index in [1.165, 1.54) is 0 Å². The molecule has 0 amide bonds. The van der Waals surface area contributed by atoms with E-state index in [4.69, 9.17) is 9.88 Å². The maximum Gasteiger partial charge on any atom is 0.210 e. The van der Waals surface area contributed by atoms with Crippen molar-refractivity contribution in [3.8, 4) is 0 Å². The minimum Gasteiger partial charge on any atom is -0.384 e. The van der Waals surface area contributed by atoms with Crippen molar-refractivity contribution in [2.24, 2.45) is 11.1 Å². The first-order valence-corrected chi connectivity index (χ1v) is 5.87. The lowest BCUT2D eigenvalue weighted by molar-refractivity contribution is 0.159. The van der Waals surface area contributed by atoms with Gasteiger partial charge >= 0.3 is 0 Å². The van der Waals surface area contributed by atoms with Crippen molar-refractivity contribution in [2.75, 3.05) is 32.6 Å². The zero-order chi connectivity index (χ0) is 10.3. The molecule has 0 heterocycles. The zero-order valence-electron chi connectivity index (χ0n) is 8.12. The highest BCUT2D eigenvalue weighted by Gasteiger charge is 2.03. The second-order valence-electron chi connectivity index (χ2n) is 3.13. The van der Waals surface area contributed by atoms with E-state index < -0.39 is 10.0 Å². The third kappa shape index (κ3) is 9.75. The molecule has 0 radical (unpaired) electrons. The van der Waals surface area contributed by atoms with Crippen molar-refractivity contribution < 1.29 is 13.2 Å². The number of nitrogens with one attached hydrogen (secondary N) is 1. The molecule has 0 aliphatic rings. The molecule has 5 nitrogen and oxygen atoms in total. The summed E-state index contributed by atoms with van der Waals surface area (Å²) in [5.74, 6) is 0.359. The summed E-state index contributed by atoms with van der Waals surface area (Å²) in [6.45, 7) is 3.83. The van der Waals surface area contributed by atoms with E-state index in [-0.39, 0.29) is 5.75 Å². The fourth-order valence-corrected chi connectivity index (χ4v) is 1.34. The Balaban J connectivity index is 3.36. The van der Waals surface area contributed by atoms with Gasteiger partial charge in [-0.25, -0.2) is 13.6 Å². The van der Waals surface area contributed by atoms with Crippen LogP contribution in [0, 0.1) is 5.92 Å². The molecule has 0 aliphatic heterocycles. The second-order valence-corrected chi connectivity index (χ2v) is 4.87. The number of rotatable bonds is 7. The average Bonchev–Trinajstić information content (AvgIpc) is 1.97. The smallest absolute Gasteiger partial charge is 0.210 e. The van der Waals surface area contributed by atoms with E-state index >= 15 is 0 Å². The molecule has 1 unspecified atom stereocenters. The maximum atomic E-state index is 10.5. The molecular formula is C7H18N2O3S. The highest BCUT2D eigenvalue weighted by atomic mass is 32.2. The van der Waals surface area contributed by atoms with Crippen molar-refractivity contribution in [1.29, 1.82) is 0 Å². The first kappa shape index (κ1) is 12.8. The topological polar surface area (TPSA) is 81.4 Å². The summed E-state index contributed by atoms with van der Waals surface area (Å²) >= 11 is 0. The Labute approximate surface area is 79.7 Å². The molecule has 0 aliphatic carbocycles. The molecule has 0 aromatic rings. The van der Waals surface area contributed by atoms with Crippen LogP contribution in [-0.4, -0.2) is 41.0 Å². The minimum atomic E-state index is -3.33. The summed E-state index contributed by atoms with van der Waals surface area (Å²) in [7, 11) is -1.69. The van der Waals surface area contributed by atoms with Crippen LogP contribution in [0.4, 0.5) is 0 Å². The Hall–Kier alpha value is -0.170. The van der Waals surface area contributed by atoms with Crippen LogP contribution >= 0.6 is 0 Å². The fourth-order valence-electron chi connectivity index (χ4n) is 0.906. The molecule has 0 bridgehead atoms. The van der Waals surface area contributed by atoms with Gasteiger partial charge in [0.15, 0.2) is 0 Å². The normalized spacial score (nSPS) is 14.4. The second kappa shape index (κ2) is 6.31. The van der Waals surface area contributed by atoms with E-state index in [1.54, 1.807) is 7.11 Å². The predicted octanol–water partition coefficient (Wildman–Crippen LogP) is -0.853. The Morgan fingerprint density at radius 1 is 1.54 bits per heavy atom. The molecule has 0 aromatic heterocycles. The molecule has 1 atom stereocenters. The molecule has 3 N–H and O–H groups in total. The minimum absolute atomic E-state index is 0.0211. The van der Waals surface area contributed by atoms with Crippen LogP contribution in [0.15, 0.2) is 0 Å². The largest absolute Gasteiger partial charge is 0.384 e. The van der Waals surface area contributed by atoms with Crippen molar-refractivity contribution in [3.63, 3.8) is 0 Å². The van der Waals surface area contributed by atoms with Gasteiger partial charge in [-0.15, -0.1) is 0 Å². The number of ether oxygens (including phenoxy) is 1. The zero-order valence-corrected chi connectivity index (χ0v) is 8.93.